The van der Waals surface area contributed by atoms with Crippen LogP contribution in [0.5, 0.6) is 0 Å². The molecule has 0 amide bonds. The average Bonchev–Trinajstić information content (AvgIpc) is 2.21. The lowest BCUT2D eigenvalue weighted by atomic mass is 10.0. The summed E-state index contributed by atoms with van der Waals surface area (Å²) >= 11 is 0. The van der Waals surface area contributed by atoms with Crippen LogP contribution in [0.2, 0.25) is 0 Å². The van der Waals surface area contributed by atoms with Crippen LogP contribution in [0.1, 0.15) is 54.4 Å². The predicted octanol–water partition coefficient (Wildman–Crippen LogP) is 4.05. The largest absolute Gasteiger partial charge is 0.349 e. The van der Waals surface area contributed by atoms with Gasteiger partial charge in [0, 0.05) is 6.92 Å². The highest BCUT2D eigenvalue weighted by molar-refractivity contribution is 4.65. The van der Waals surface area contributed by atoms with Crippen LogP contribution in [-0.4, -0.2) is 18.5 Å². The van der Waals surface area contributed by atoms with Crippen molar-refractivity contribution in [2.24, 2.45) is 11.8 Å². The van der Waals surface area contributed by atoms with Gasteiger partial charge in [0.15, 0.2) is 6.29 Å². The van der Waals surface area contributed by atoms with Crippen LogP contribution in [0.15, 0.2) is 0 Å². The van der Waals surface area contributed by atoms with Gasteiger partial charge in [0.1, 0.15) is 0 Å². The average molecular weight is 229 g/mol. The Kier molecular flexibility index (Phi) is 8.04. The van der Waals surface area contributed by atoms with Gasteiger partial charge in [-0.2, -0.15) is 0 Å². The molecule has 1 radical (unpaired) electrons. The smallest absolute Gasteiger partial charge is 0.158 e. The van der Waals surface area contributed by atoms with Crippen LogP contribution in [-0.2, 0) is 9.47 Å². The standard InChI is InChI=1S/C14H29O2/c1-8-13(10(3)4)15-12(7)16-14(9-2)11(5)6/h10-14H,7-9H2,1-6H3. The molecule has 0 fully saturated rings. The van der Waals surface area contributed by atoms with Crippen molar-refractivity contribution >= 4 is 0 Å². The molecule has 0 aliphatic carbocycles. The molecule has 0 bridgehead atoms. The van der Waals surface area contributed by atoms with Crippen LogP contribution in [0.4, 0.5) is 0 Å². The Labute approximate surface area is 102 Å². The predicted molar refractivity (Wildman–Crippen MR) is 69.1 cm³/mol. The molecule has 0 aromatic rings. The van der Waals surface area contributed by atoms with Gasteiger partial charge in [0.05, 0.1) is 12.2 Å². The van der Waals surface area contributed by atoms with Crippen molar-refractivity contribution in [1.82, 2.24) is 0 Å². The van der Waals surface area contributed by atoms with Gasteiger partial charge in [-0.15, -0.1) is 0 Å². The van der Waals surface area contributed by atoms with E-state index >= 15 is 0 Å². The summed E-state index contributed by atoms with van der Waals surface area (Å²) in [7, 11) is 0. The molecule has 0 heterocycles. The topological polar surface area (TPSA) is 18.5 Å². The van der Waals surface area contributed by atoms with Crippen LogP contribution in [0, 0.1) is 18.8 Å². The van der Waals surface area contributed by atoms with E-state index in [0.717, 1.165) is 12.8 Å². The summed E-state index contributed by atoms with van der Waals surface area (Å²) in [5.41, 5.74) is 0. The molecule has 0 N–H and O–H groups in total. The molecule has 16 heavy (non-hydrogen) atoms. The van der Waals surface area contributed by atoms with Crippen molar-refractivity contribution in [3.8, 4) is 0 Å². The number of hydrogen-bond donors (Lipinski definition) is 0. The summed E-state index contributed by atoms with van der Waals surface area (Å²) < 4.78 is 11.6. The molecule has 2 heteroatoms. The maximum absolute atomic E-state index is 5.81. The number of hydrogen-bond acceptors (Lipinski definition) is 2. The molecule has 0 aliphatic heterocycles. The van der Waals surface area contributed by atoms with Crippen LogP contribution >= 0.6 is 0 Å². The van der Waals surface area contributed by atoms with Crippen LogP contribution < -0.4 is 0 Å². The molecule has 0 spiro atoms. The Morgan fingerprint density at radius 3 is 1.31 bits per heavy atom. The molecule has 0 aromatic carbocycles. The summed E-state index contributed by atoms with van der Waals surface area (Å²) in [5.74, 6) is 1.02. The Morgan fingerprint density at radius 1 is 0.812 bits per heavy atom. The van der Waals surface area contributed by atoms with E-state index in [0.29, 0.717) is 11.8 Å². The van der Waals surface area contributed by atoms with Gasteiger partial charge in [-0.3, -0.25) is 0 Å². The second-order valence-corrected chi connectivity index (χ2v) is 5.08. The van der Waals surface area contributed by atoms with E-state index in [1.165, 1.54) is 0 Å². The summed E-state index contributed by atoms with van der Waals surface area (Å²) in [5, 5.41) is 0. The Morgan fingerprint density at radius 2 is 1.12 bits per heavy atom. The third-order valence-corrected chi connectivity index (χ3v) is 2.95. The zero-order valence-electron chi connectivity index (χ0n) is 11.8. The Hall–Kier alpha value is -0.0800. The van der Waals surface area contributed by atoms with E-state index < -0.39 is 0 Å². The fourth-order valence-electron chi connectivity index (χ4n) is 1.87. The summed E-state index contributed by atoms with van der Waals surface area (Å²) in [6, 6.07) is 0. The second kappa shape index (κ2) is 8.08. The zero-order valence-corrected chi connectivity index (χ0v) is 11.8. The van der Waals surface area contributed by atoms with Crippen molar-refractivity contribution in [2.75, 3.05) is 0 Å². The first kappa shape index (κ1) is 15.9. The molecule has 97 valence electrons. The quantitative estimate of drug-likeness (QED) is 0.585. The van der Waals surface area contributed by atoms with E-state index in [9.17, 15) is 0 Å². The monoisotopic (exact) mass is 229 g/mol. The molecule has 2 atom stereocenters. The highest BCUT2D eigenvalue weighted by Crippen LogP contribution is 2.17. The summed E-state index contributed by atoms with van der Waals surface area (Å²) in [6.45, 7) is 16.9. The van der Waals surface area contributed by atoms with E-state index in [4.69, 9.17) is 9.47 Å². The second-order valence-electron chi connectivity index (χ2n) is 5.08. The van der Waals surface area contributed by atoms with Crippen molar-refractivity contribution in [2.45, 2.75) is 72.9 Å². The van der Waals surface area contributed by atoms with Gasteiger partial charge in [0.2, 0.25) is 0 Å². The first-order chi connectivity index (χ1) is 7.42. The number of ether oxygens (including phenoxy) is 2. The van der Waals surface area contributed by atoms with Gasteiger partial charge in [-0.05, 0) is 24.7 Å². The minimum absolute atomic E-state index is 0.243. The summed E-state index contributed by atoms with van der Waals surface area (Å²) in [6.07, 6.45) is 2.15. The van der Waals surface area contributed by atoms with Gasteiger partial charge >= 0.3 is 0 Å². The van der Waals surface area contributed by atoms with Crippen molar-refractivity contribution in [3.63, 3.8) is 0 Å². The highest BCUT2D eigenvalue weighted by Gasteiger charge is 2.19. The highest BCUT2D eigenvalue weighted by atomic mass is 16.7. The lowest BCUT2D eigenvalue weighted by molar-refractivity contribution is -0.187. The van der Waals surface area contributed by atoms with Gasteiger partial charge in [-0.1, -0.05) is 41.5 Å². The SMILES string of the molecule is [CH2]C(OC(CC)C(C)C)OC(CC)C(C)C. The Balaban J connectivity index is 4.09. The van der Waals surface area contributed by atoms with Crippen molar-refractivity contribution in [3.05, 3.63) is 6.92 Å². The first-order valence-electron chi connectivity index (χ1n) is 6.56. The third-order valence-electron chi connectivity index (χ3n) is 2.95. The van der Waals surface area contributed by atoms with Crippen molar-refractivity contribution in [1.29, 1.82) is 0 Å². The fourth-order valence-corrected chi connectivity index (χ4v) is 1.87. The molecular formula is C14H29O2. The normalized spacial score (nSPS) is 17.8. The van der Waals surface area contributed by atoms with Crippen molar-refractivity contribution < 1.29 is 9.47 Å². The van der Waals surface area contributed by atoms with E-state index in [-0.39, 0.29) is 18.5 Å². The van der Waals surface area contributed by atoms with Gasteiger partial charge < -0.3 is 9.47 Å². The lowest BCUT2D eigenvalue weighted by Crippen LogP contribution is -2.31. The molecule has 0 rings (SSSR count). The minimum Gasteiger partial charge on any atom is -0.349 e. The summed E-state index contributed by atoms with van der Waals surface area (Å²) in [4.78, 5) is 0. The molecule has 2 nitrogen and oxygen atoms in total. The van der Waals surface area contributed by atoms with E-state index in [1.54, 1.807) is 0 Å². The third kappa shape index (κ3) is 5.86. The van der Waals surface area contributed by atoms with Gasteiger partial charge in [-0.25, -0.2) is 0 Å². The lowest BCUT2D eigenvalue weighted by Gasteiger charge is -2.28. The molecule has 0 aromatic heterocycles. The molecule has 0 saturated heterocycles. The van der Waals surface area contributed by atoms with E-state index in [2.05, 4.69) is 48.5 Å². The molecule has 2 unspecified atom stereocenters. The number of rotatable bonds is 8. The first-order valence-corrected chi connectivity index (χ1v) is 6.56. The fraction of sp³-hybridized carbons (Fsp3) is 0.929. The van der Waals surface area contributed by atoms with Crippen LogP contribution in [0.3, 0.4) is 0 Å². The van der Waals surface area contributed by atoms with Gasteiger partial charge in [0.25, 0.3) is 0 Å². The maximum atomic E-state index is 5.81. The maximum Gasteiger partial charge on any atom is 0.158 e. The minimum atomic E-state index is -0.348. The van der Waals surface area contributed by atoms with E-state index in [1.807, 2.05) is 0 Å². The molecule has 0 aliphatic rings. The van der Waals surface area contributed by atoms with Crippen LogP contribution in [0.25, 0.3) is 0 Å². The molecular weight excluding hydrogens is 200 g/mol. The zero-order chi connectivity index (χ0) is 12.7. The molecule has 0 saturated carbocycles. The Bertz CT molecular complexity index is 148.